The highest BCUT2D eigenvalue weighted by molar-refractivity contribution is 5.98. The Hall–Kier alpha value is -1.36. The fraction of sp³-hybridized carbons (Fsp3) is 0.429. The Morgan fingerprint density at radius 3 is 2.25 bits per heavy atom. The molecule has 0 aliphatic heterocycles. The van der Waals surface area contributed by atoms with Crippen molar-refractivity contribution < 1.29 is 19.9 Å². The maximum atomic E-state index is 11.0. The Labute approximate surface area is 69.9 Å². The molecule has 0 bridgehead atoms. The summed E-state index contributed by atoms with van der Waals surface area (Å²) >= 11 is 0. The van der Waals surface area contributed by atoms with E-state index < -0.39 is 11.9 Å². The first-order valence-electron chi connectivity index (χ1n) is 3.39. The number of carbonyl (C=O) groups is 2. The minimum atomic E-state index is -1.19. The van der Waals surface area contributed by atoms with E-state index in [1.807, 2.05) is 0 Å². The molecule has 0 spiro atoms. The molecule has 0 saturated heterocycles. The first-order chi connectivity index (χ1) is 5.49. The van der Waals surface area contributed by atoms with Gasteiger partial charge in [-0.3, -0.25) is 10.0 Å². The highest BCUT2D eigenvalue weighted by Crippen LogP contribution is 2.03. The summed E-state index contributed by atoms with van der Waals surface area (Å²) in [7, 11) is 1.15. The molecule has 12 heavy (non-hydrogen) atoms. The van der Waals surface area contributed by atoms with Crippen molar-refractivity contribution in [3.8, 4) is 0 Å². The molecule has 0 aliphatic carbocycles. The first kappa shape index (κ1) is 10.6. The smallest absolute Gasteiger partial charge is 0.328 e. The molecule has 0 fully saturated rings. The minimum Gasteiger partial charge on any atom is -0.478 e. The molecule has 0 atom stereocenters. The van der Waals surface area contributed by atoms with Crippen molar-refractivity contribution >= 4 is 11.9 Å². The van der Waals surface area contributed by atoms with Crippen molar-refractivity contribution in [3.05, 3.63) is 11.6 Å². The molecule has 0 rings (SSSR count). The number of nitrogens with zero attached hydrogens (tertiary/aromatic N) is 1. The summed E-state index contributed by atoms with van der Waals surface area (Å²) in [5.74, 6) is -1.89. The molecule has 5 nitrogen and oxygen atoms in total. The second-order valence-electron chi connectivity index (χ2n) is 2.19. The molecule has 0 aromatic heterocycles. The van der Waals surface area contributed by atoms with Crippen LogP contribution in [-0.2, 0) is 9.59 Å². The average Bonchev–Trinajstić information content (AvgIpc) is 1.98. The number of likely N-dealkylation sites (N-methyl/N-ethyl adjacent to an activating group) is 1. The van der Waals surface area contributed by atoms with Gasteiger partial charge < -0.3 is 5.11 Å². The van der Waals surface area contributed by atoms with Crippen LogP contribution in [0.4, 0.5) is 0 Å². The zero-order chi connectivity index (χ0) is 9.72. The monoisotopic (exact) mass is 173 g/mol. The average molecular weight is 173 g/mol. The highest BCUT2D eigenvalue weighted by atomic mass is 16.5. The van der Waals surface area contributed by atoms with Gasteiger partial charge in [0.1, 0.15) is 0 Å². The van der Waals surface area contributed by atoms with E-state index in [-0.39, 0.29) is 12.0 Å². The number of amides is 1. The van der Waals surface area contributed by atoms with E-state index in [4.69, 9.17) is 10.3 Å². The van der Waals surface area contributed by atoms with Gasteiger partial charge in [0.15, 0.2) is 0 Å². The molecular formula is C7H11NO4. The quantitative estimate of drug-likeness (QED) is 0.364. The maximum Gasteiger partial charge on any atom is 0.328 e. The number of aliphatic carboxylic acids is 1. The third-order valence-corrected chi connectivity index (χ3v) is 1.25. The number of rotatable bonds is 3. The molecule has 0 heterocycles. The summed E-state index contributed by atoms with van der Waals surface area (Å²) < 4.78 is 0. The number of carboxylic acids is 1. The molecule has 0 aromatic rings. The molecule has 0 saturated carbocycles. The van der Waals surface area contributed by atoms with Gasteiger partial charge in [0, 0.05) is 18.7 Å². The van der Waals surface area contributed by atoms with Crippen molar-refractivity contribution in [2.24, 2.45) is 0 Å². The van der Waals surface area contributed by atoms with Gasteiger partial charge in [-0.15, -0.1) is 0 Å². The van der Waals surface area contributed by atoms with Crippen molar-refractivity contribution in [3.63, 3.8) is 0 Å². The predicted octanol–water partition coefficient (Wildman–Crippen LogP) is 0.255. The van der Waals surface area contributed by atoms with E-state index in [1.165, 1.54) is 0 Å². The summed E-state index contributed by atoms with van der Waals surface area (Å²) in [5, 5.41) is 17.4. The summed E-state index contributed by atoms with van der Waals surface area (Å²) in [6, 6.07) is 0. The van der Waals surface area contributed by atoms with Crippen molar-refractivity contribution in [1.29, 1.82) is 0 Å². The Balaban J connectivity index is 4.56. The summed E-state index contributed by atoms with van der Waals surface area (Å²) in [4.78, 5) is 21.1. The molecule has 68 valence electrons. The van der Waals surface area contributed by atoms with Gasteiger partial charge >= 0.3 is 5.97 Å². The van der Waals surface area contributed by atoms with Crippen LogP contribution in [0.5, 0.6) is 0 Å². The summed E-state index contributed by atoms with van der Waals surface area (Å²) in [6.45, 7) is 1.64. The molecule has 5 heteroatoms. The Bertz CT molecular complexity index is 219. The second-order valence-corrected chi connectivity index (χ2v) is 2.19. The second kappa shape index (κ2) is 4.50. The number of hydrogen-bond acceptors (Lipinski definition) is 3. The fourth-order valence-electron chi connectivity index (χ4n) is 0.672. The molecule has 0 aliphatic rings. The van der Waals surface area contributed by atoms with Gasteiger partial charge in [0.05, 0.1) is 0 Å². The number of hydrogen-bond donors (Lipinski definition) is 2. The lowest BCUT2D eigenvalue weighted by Crippen LogP contribution is -2.24. The van der Waals surface area contributed by atoms with Crippen LogP contribution in [0.3, 0.4) is 0 Å². The summed E-state index contributed by atoms with van der Waals surface area (Å²) in [6.07, 6.45) is 1.06. The van der Waals surface area contributed by atoms with Crippen LogP contribution in [0.25, 0.3) is 0 Å². The van der Waals surface area contributed by atoms with Crippen molar-refractivity contribution in [1.82, 2.24) is 5.06 Å². The Kier molecular flexibility index (Phi) is 3.99. The van der Waals surface area contributed by atoms with Crippen LogP contribution in [-0.4, -0.2) is 34.3 Å². The standard InChI is InChI=1S/C7H11NO4/c1-3-5(4-6(9)10)7(11)8(2)12/h4,12H,3H2,1-2H3,(H,9,10)/b5-4-. The van der Waals surface area contributed by atoms with Crippen molar-refractivity contribution in [2.75, 3.05) is 7.05 Å². The third kappa shape index (κ3) is 3.16. The lowest BCUT2D eigenvalue weighted by atomic mass is 10.2. The normalized spacial score (nSPS) is 11.1. The van der Waals surface area contributed by atoms with E-state index in [0.717, 1.165) is 13.1 Å². The third-order valence-electron chi connectivity index (χ3n) is 1.25. The molecule has 0 radical (unpaired) electrons. The van der Waals surface area contributed by atoms with Crippen LogP contribution in [0, 0.1) is 0 Å². The van der Waals surface area contributed by atoms with Crippen LogP contribution in [0.15, 0.2) is 11.6 Å². The molecule has 0 aromatic carbocycles. The van der Waals surface area contributed by atoms with Crippen LogP contribution in [0.2, 0.25) is 0 Å². The van der Waals surface area contributed by atoms with Gasteiger partial charge in [-0.1, -0.05) is 6.92 Å². The molecule has 2 N–H and O–H groups in total. The van der Waals surface area contributed by atoms with E-state index in [2.05, 4.69) is 0 Å². The zero-order valence-electron chi connectivity index (χ0n) is 6.94. The number of hydroxylamine groups is 2. The van der Waals surface area contributed by atoms with Gasteiger partial charge in [0.25, 0.3) is 5.91 Å². The minimum absolute atomic E-state index is 0.0625. The van der Waals surface area contributed by atoms with Crippen molar-refractivity contribution in [2.45, 2.75) is 13.3 Å². The SMILES string of the molecule is CC/C(=C/C(=O)O)C(=O)N(C)O. The largest absolute Gasteiger partial charge is 0.478 e. The van der Waals surface area contributed by atoms with Gasteiger partial charge in [-0.05, 0) is 6.42 Å². The highest BCUT2D eigenvalue weighted by Gasteiger charge is 2.11. The van der Waals surface area contributed by atoms with E-state index >= 15 is 0 Å². The van der Waals surface area contributed by atoms with E-state index in [9.17, 15) is 9.59 Å². The number of carbonyl (C=O) groups excluding carboxylic acids is 1. The summed E-state index contributed by atoms with van der Waals surface area (Å²) in [5.41, 5.74) is 0.0625. The van der Waals surface area contributed by atoms with Crippen LogP contribution in [0.1, 0.15) is 13.3 Å². The molecular weight excluding hydrogens is 162 g/mol. The van der Waals surface area contributed by atoms with E-state index in [1.54, 1.807) is 6.92 Å². The number of carboxylic acid groups (broad SMARTS) is 1. The molecule has 1 amide bonds. The topological polar surface area (TPSA) is 77.8 Å². The van der Waals surface area contributed by atoms with Crippen LogP contribution < -0.4 is 0 Å². The Morgan fingerprint density at radius 2 is 2.00 bits per heavy atom. The first-order valence-corrected chi connectivity index (χ1v) is 3.39. The van der Waals surface area contributed by atoms with Gasteiger partial charge in [-0.25, -0.2) is 9.86 Å². The zero-order valence-corrected chi connectivity index (χ0v) is 6.94. The van der Waals surface area contributed by atoms with Gasteiger partial charge in [0.2, 0.25) is 0 Å². The predicted molar refractivity (Wildman–Crippen MR) is 40.6 cm³/mol. The lowest BCUT2D eigenvalue weighted by molar-refractivity contribution is -0.154. The van der Waals surface area contributed by atoms with E-state index in [0.29, 0.717) is 5.06 Å². The lowest BCUT2D eigenvalue weighted by Gasteiger charge is -2.08. The molecule has 0 unspecified atom stereocenters. The maximum absolute atomic E-state index is 11.0. The van der Waals surface area contributed by atoms with Crippen LogP contribution >= 0.6 is 0 Å². The Morgan fingerprint density at radius 1 is 1.50 bits per heavy atom. The van der Waals surface area contributed by atoms with Gasteiger partial charge in [-0.2, -0.15) is 0 Å². The fourth-order valence-corrected chi connectivity index (χ4v) is 0.672.